The first kappa shape index (κ1) is 12.0. The maximum absolute atomic E-state index is 11.9. The maximum Gasteiger partial charge on any atom is 0.314 e. The number of rotatable bonds is 3. The van der Waals surface area contributed by atoms with Crippen LogP contribution in [-0.4, -0.2) is 11.1 Å². The molecule has 19 heavy (non-hydrogen) atoms. The van der Waals surface area contributed by atoms with Crippen molar-refractivity contribution in [3.05, 3.63) is 77.7 Å². The topological polar surface area (TPSA) is 37.3 Å². The normalized spacial score (nSPS) is 21.1. The quantitative estimate of drug-likeness (QED) is 0.909. The zero-order chi connectivity index (χ0) is 13.3. The lowest BCUT2D eigenvalue weighted by Gasteiger charge is -2.25. The fourth-order valence-electron chi connectivity index (χ4n) is 2.91. The SMILES string of the molecule is O=C(O)C1([CH]c2ccccc2)CCc2ccccc21. The van der Waals surface area contributed by atoms with Crippen LogP contribution in [0, 0.1) is 6.42 Å². The van der Waals surface area contributed by atoms with Gasteiger partial charge in [0, 0.05) is 6.42 Å². The van der Waals surface area contributed by atoms with E-state index in [9.17, 15) is 9.90 Å². The number of carboxylic acids is 1. The summed E-state index contributed by atoms with van der Waals surface area (Å²) in [6, 6.07) is 17.6. The second kappa shape index (κ2) is 4.54. The molecule has 1 radical (unpaired) electrons. The third-order valence-corrected chi connectivity index (χ3v) is 3.88. The first-order valence-electron chi connectivity index (χ1n) is 6.45. The highest BCUT2D eigenvalue weighted by molar-refractivity contribution is 5.86. The summed E-state index contributed by atoms with van der Waals surface area (Å²) in [6.45, 7) is 0. The molecule has 95 valence electrons. The Bertz CT molecular complexity index is 604. The molecule has 0 saturated carbocycles. The standard InChI is InChI=1S/C17H15O2/c18-16(19)17(12-13-6-2-1-3-7-13)11-10-14-8-4-5-9-15(14)17/h1-9,12H,10-11H2,(H,18,19). The minimum absolute atomic E-state index is 0.635. The molecule has 1 N–H and O–H groups in total. The lowest BCUT2D eigenvalue weighted by atomic mass is 9.76. The molecular formula is C17H15O2. The van der Waals surface area contributed by atoms with Crippen molar-refractivity contribution in [3.8, 4) is 0 Å². The van der Waals surface area contributed by atoms with E-state index in [1.165, 1.54) is 0 Å². The van der Waals surface area contributed by atoms with Gasteiger partial charge in [0.2, 0.25) is 0 Å². The molecule has 1 atom stereocenters. The molecule has 2 aromatic carbocycles. The minimum Gasteiger partial charge on any atom is -0.481 e. The Hall–Kier alpha value is -2.09. The van der Waals surface area contributed by atoms with Crippen molar-refractivity contribution in [2.24, 2.45) is 0 Å². The molecule has 1 aliphatic carbocycles. The average Bonchev–Trinajstić information content (AvgIpc) is 2.81. The molecule has 2 nitrogen and oxygen atoms in total. The van der Waals surface area contributed by atoms with Gasteiger partial charge in [-0.3, -0.25) is 4.79 Å². The van der Waals surface area contributed by atoms with E-state index in [0.29, 0.717) is 6.42 Å². The number of benzene rings is 2. The van der Waals surface area contributed by atoms with Gasteiger partial charge >= 0.3 is 5.97 Å². The molecule has 0 heterocycles. The summed E-state index contributed by atoms with van der Waals surface area (Å²) in [7, 11) is 0. The summed E-state index contributed by atoms with van der Waals surface area (Å²) in [5.74, 6) is -0.763. The molecule has 2 aromatic rings. The Balaban J connectivity index is 2.05. The number of hydrogen-bond donors (Lipinski definition) is 1. The molecule has 3 rings (SSSR count). The van der Waals surface area contributed by atoms with Gasteiger partial charge in [0.1, 0.15) is 5.41 Å². The van der Waals surface area contributed by atoms with Crippen LogP contribution in [0.3, 0.4) is 0 Å². The van der Waals surface area contributed by atoms with Crippen molar-refractivity contribution in [1.82, 2.24) is 0 Å². The summed E-state index contributed by atoms with van der Waals surface area (Å²) >= 11 is 0. The second-order valence-electron chi connectivity index (χ2n) is 4.99. The Morgan fingerprint density at radius 2 is 1.74 bits per heavy atom. The summed E-state index contributed by atoms with van der Waals surface area (Å²) in [4.78, 5) is 11.9. The predicted molar refractivity (Wildman–Crippen MR) is 73.9 cm³/mol. The third-order valence-electron chi connectivity index (χ3n) is 3.88. The van der Waals surface area contributed by atoms with E-state index in [2.05, 4.69) is 0 Å². The van der Waals surface area contributed by atoms with Crippen LogP contribution < -0.4 is 0 Å². The molecule has 0 bridgehead atoms. The Morgan fingerprint density at radius 3 is 2.47 bits per heavy atom. The van der Waals surface area contributed by atoms with E-state index in [1.807, 2.05) is 61.0 Å². The van der Waals surface area contributed by atoms with E-state index >= 15 is 0 Å². The second-order valence-corrected chi connectivity index (χ2v) is 4.99. The monoisotopic (exact) mass is 251 g/mol. The average molecular weight is 251 g/mol. The number of fused-ring (bicyclic) bond motifs is 1. The Labute approximate surface area is 112 Å². The van der Waals surface area contributed by atoms with Gasteiger partial charge in [-0.25, -0.2) is 0 Å². The fraction of sp³-hybridized carbons (Fsp3) is 0.176. The van der Waals surface area contributed by atoms with Crippen molar-refractivity contribution in [2.75, 3.05) is 0 Å². The number of aryl methyl sites for hydroxylation is 1. The molecule has 1 unspecified atom stereocenters. The highest BCUT2D eigenvalue weighted by atomic mass is 16.4. The van der Waals surface area contributed by atoms with Crippen LogP contribution in [0.25, 0.3) is 0 Å². The lowest BCUT2D eigenvalue weighted by molar-refractivity contribution is -0.142. The maximum atomic E-state index is 11.9. The summed E-state index contributed by atoms with van der Waals surface area (Å²) in [6.07, 6.45) is 3.35. The molecule has 0 aromatic heterocycles. The van der Waals surface area contributed by atoms with E-state index < -0.39 is 11.4 Å². The first-order valence-corrected chi connectivity index (χ1v) is 6.45. The largest absolute Gasteiger partial charge is 0.481 e. The zero-order valence-corrected chi connectivity index (χ0v) is 10.5. The smallest absolute Gasteiger partial charge is 0.314 e. The van der Waals surface area contributed by atoms with Crippen LogP contribution in [0.15, 0.2) is 54.6 Å². The molecule has 0 spiro atoms. The van der Waals surface area contributed by atoms with Crippen molar-refractivity contribution in [2.45, 2.75) is 18.3 Å². The third kappa shape index (κ3) is 1.93. The number of carbonyl (C=O) groups is 1. The Morgan fingerprint density at radius 1 is 1.05 bits per heavy atom. The van der Waals surface area contributed by atoms with Crippen molar-refractivity contribution >= 4 is 5.97 Å². The number of carboxylic acid groups (broad SMARTS) is 1. The lowest BCUT2D eigenvalue weighted by Crippen LogP contribution is -2.34. The van der Waals surface area contributed by atoms with Gasteiger partial charge in [0.15, 0.2) is 0 Å². The van der Waals surface area contributed by atoms with Gasteiger partial charge in [-0.05, 0) is 29.5 Å². The van der Waals surface area contributed by atoms with Gasteiger partial charge in [0.25, 0.3) is 0 Å². The highest BCUT2D eigenvalue weighted by Crippen LogP contribution is 2.42. The number of hydrogen-bond acceptors (Lipinski definition) is 1. The van der Waals surface area contributed by atoms with Crippen LogP contribution in [0.1, 0.15) is 23.1 Å². The molecule has 0 aliphatic heterocycles. The predicted octanol–water partition coefficient (Wildman–Crippen LogP) is 3.21. The van der Waals surface area contributed by atoms with Gasteiger partial charge in [-0.2, -0.15) is 0 Å². The molecule has 2 heteroatoms. The van der Waals surface area contributed by atoms with Crippen LogP contribution in [0.2, 0.25) is 0 Å². The van der Waals surface area contributed by atoms with Crippen LogP contribution >= 0.6 is 0 Å². The van der Waals surface area contributed by atoms with Crippen LogP contribution in [0.4, 0.5) is 0 Å². The van der Waals surface area contributed by atoms with E-state index in [1.54, 1.807) is 0 Å². The van der Waals surface area contributed by atoms with Gasteiger partial charge in [0.05, 0.1) is 0 Å². The molecule has 0 saturated heterocycles. The van der Waals surface area contributed by atoms with Crippen LogP contribution in [0.5, 0.6) is 0 Å². The fourth-order valence-corrected chi connectivity index (χ4v) is 2.91. The molecule has 1 aliphatic rings. The van der Waals surface area contributed by atoms with Crippen molar-refractivity contribution in [3.63, 3.8) is 0 Å². The summed E-state index contributed by atoms with van der Waals surface area (Å²) < 4.78 is 0. The highest BCUT2D eigenvalue weighted by Gasteiger charge is 2.45. The van der Waals surface area contributed by atoms with Crippen molar-refractivity contribution in [1.29, 1.82) is 0 Å². The van der Waals surface area contributed by atoms with Gasteiger partial charge in [-0.15, -0.1) is 0 Å². The van der Waals surface area contributed by atoms with E-state index in [-0.39, 0.29) is 0 Å². The Kier molecular flexibility index (Phi) is 2.86. The summed E-state index contributed by atoms with van der Waals surface area (Å²) in [5.41, 5.74) is 2.17. The molecule has 0 fully saturated rings. The van der Waals surface area contributed by atoms with Crippen molar-refractivity contribution < 1.29 is 9.90 Å². The minimum atomic E-state index is -0.877. The van der Waals surface area contributed by atoms with E-state index in [0.717, 1.165) is 23.1 Å². The van der Waals surface area contributed by atoms with E-state index in [4.69, 9.17) is 0 Å². The van der Waals surface area contributed by atoms with Gasteiger partial charge < -0.3 is 5.11 Å². The van der Waals surface area contributed by atoms with Gasteiger partial charge in [-0.1, -0.05) is 54.6 Å². The molecule has 0 amide bonds. The summed E-state index contributed by atoms with van der Waals surface area (Å²) in [5, 5.41) is 9.74. The zero-order valence-electron chi connectivity index (χ0n) is 10.5. The molecular weight excluding hydrogens is 236 g/mol. The van der Waals surface area contributed by atoms with Crippen LogP contribution in [-0.2, 0) is 16.6 Å². The first-order chi connectivity index (χ1) is 9.22. The number of aliphatic carboxylic acids is 1.